The molecule has 41 heavy (non-hydrogen) atoms. The number of carbonyl (C=O) groups is 1. The Morgan fingerprint density at radius 1 is 1.12 bits per heavy atom. The number of aromatic nitrogens is 2. The van der Waals surface area contributed by atoms with E-state index in [9.17, 15) is 53.7 Å². The fraction of sp³-hybridized carbons (Fsp3) is 0.706. The Bertz CT molecular complexity index is 1370. The van der Waals surface area contributed by atoms with Crippen LogP contribution in [0, 0.1) is 0 Å². The molecule has 0 saturated carbocycles. The number of H-pyrrole nitrogens is 1. The van der Waals surface area contributed by atoms with Crippen LogP contribution in [0.4, 0.5) is 0 Å². The van der Waals surface area contributed by atoms with Gasteiger partial charge in [0.2, 0.25) is 5.91 Å². The molecule has 230 valence electrons. The van der Waals surface area contributed by atoms with Gasteiger partial charge < -0.3 is 45.0 Å². The molecule has 3 heterocycles. The third kappa shape index (κ3) is 8.28. The second-order valence-corrected chi connectivity index (χ2v) is 11.6. The average molecular weight is 632 g/mol. The largest absolute Gasteiger partial charge is 0.483 e. The third-order valence-corrected chi connectivity index (χ3v) is 8.30. The van der Waals surface area contributed by atoms with Gasteiger partial charge in [-0.15, -0.1) is 0 Å². The Balaban J connectivity index is 1.68. The van der Waals surface area contributed by atoms with Gasteiger partial charge in [0.25, 0.3) is 5.56 Å². The van der Waals surface area contributed by atoms with Crippen molar-refractivity contribution in [1.29, 1.82) is 0 Å². The molecule has 1 aromatic rings. The number of phosphoric ester groups is 2. The van der Waals surface area contributed by atoms with Gasteiger partial charge in [-0.05, 0) is 5.53 Å². The molecule has 1 amide bonds. The monoisotopic (exact) mass is 632 g/mol. The van der Waals surface area contributed by atoms with Crippen LogP contribution < -0.4 is 16.6 Å². The van der Waals surface area contributed by atoms with Crippen LogP contribution in [-0.2, 0) is 36.8 Å². The van der Waals surface area contributed by atoms with Crippen LogP contribution >= 0.6 is 15.6 Å². The van der Waals surface area contributed by atoms with Crippen LogP contribution in [0.1, 0.15) is 13.2 Å². The van der Waals surface area contributed by atoms with Crippen molar-refractivity contribution in [3.8, 4) is 0 Å². The van der Waals surface area contributed by atoms with Crippen LogP contribution in [0.5, 0.6) is 0 Å². The molecule has 2 saturated heterocycles. The lowest BCUT2D eigenvalue weighted by Gasteiger charge is -2.42. The van der Waals surface area contributed by atoms with Gasteiger partial charge in [0.1, 0.15) is 36.6 Å². The van der Waals surface area contributed by atoms with E-state index in [1.54, 1.807) is 0 Å². The van der Waals surface area contributed by atoms with Gasteiger partial charge in [0.15, 0.2) is 12.5 Å². The molecule has 3 rings (SSSR count). The van der Waals surface area contributed by atoms with Crippen LogP contribution in [0.2, 0.25) is 0 Å². The van der Waals surface area contributed by atoms with E-state index in [1.165, 1.54) is 0 Å². The number of carbonyl (C=O) groups excluding carboxylic acids is 1. The Hall–Kier alpha value is -2.52. The van der Waals surface area contributed by atoms with Crippen LogP contribution in [0.15, 0.2) is 27.0 Å². The lowest BCUT2D eigenvalue weighted by molar-refractivity contribution is -0.238. The van der Waals surface area contributed by atoms with E-state index in [4.69, 9.17) is 19.5 Å². The molecule has 0 bridgehead atoms. The average Bonchev–Trinajstić information content (AvgIpc) is 3.14. The zero-order valence-corrected chi connectivity index (χ0v) is 22.5. The molecule has 8 unspecified atom stereocenters. The number of aliphatic hydroxyl groups is 4. The van der Waals surface area contributed by atoms with E-state index in [0.29, 0.717) is 0 Å². The summed E-state index contributed by atoms with van der Waals surface area (Å²) >= 11 is 0. The first kappa shape index (κ1) is 33.0. The molecule has 2 aliphatic rings. The number of aliphatic hydroxyl groups excluding tert-OH is 4. The smallest absolute Gasteiger partial charge is 0.388 e. The highest BCUT2D eigenvalue weighted by Crippen LogP contribution is 2.61. The van der Waals surface area contributed by atoms with Gasteiger partial charge >= 0.3 is 21.3 Å². The van der Waals surface area contributed by atoms with Crippen molar-refractivity contribution in [2.75, 3.05) is 13.2 Å². The lowest BCUT2D eigenvalue weighted by atomic mass is 9.97. The van der Waals surface area contributed by atoms with E-state index in [1.807, 2.05) is 4.98 Å². The SMILES string of the molecule is CC(=O)NC1C(OP(=O)(O)OP(=O)(O)OC[C@H]2O[C@@H](n3ccc(=O)[nH]c3=O)C(O)[C@H]2O)OC(CN=[N+]=[N-])C(O)C1O. The van der Waals surface area contributed by atoms with E-state index < -0.39 is 101 Å². The maximum absolute atomic E-state index is 12.5. The zero-order valence-electron chi connectivity index (χ0n) is 20.7. The van der Waals surface area contributed by atoms with Gasteiger partial charge in [-0.2, -0.15) is 4.31 Å². The Morgan fingerprint density at radius 3 is 2.39 bits per heavy atom. The van der Waals surface area contributed by atoms with E-state index >= 15 is 0 Å². The van der Waals surface area contributed by atoms with Crippen LogP contribution in [-0.4, -0.2) is 108 Å². The number of hydrogen-bond acceptors (Lipinski definition) is 15. The maximum atomic E-state index is 12.5. The number of phosphoric acid groups is 2. The van der Waals surface area contributed by atoms with Crippen molar-refractivity contribution in [2.24, 2.45) is 5.11 Å². The van der Waals surface area contributed by atoms with E-state index in [-0.39, 0.29) is 0 Å². The Morgan fingerprint density at radius 2 is 1.78 bits per heavy atom. The minimum Gasteiger partial charge on any atom is -0.388 e. The number of rotatable bonds is 11. The first-order valence-corrected chi connectivity index (χ1v) is 14.4. The summed E-state index contributed by atoms with van der Waals surface area (Å²) < 4.78 is 49.6. The second kappa shape index (κ2) is 13.2. The quantitative estimate of drug-likeness (QED) is 0.0511. The first-order valence-electron chi connectivity index (χ1n) is 11.4. The van der Waals surface area contributed by atoms with Crippen molar-refractivity contribution >= 4 is 21.6 Å². The molecule has 0 aromatic carbocycles. The molecular weight excluding hydrogens is 606 g/mol. The molecule has 2 aliphatic heterocycles. The molecule has 1 aromatic heterocycles. The van der Waals surface area contributed by atoms with E-state index in [0.717, 1.165) is 23.8 Å². The molecule has 11 atom stereocenters. The normalized spacial score (nSPS) is 34.7. The molecule has 22 nitrogen and oxygen atoms in total. The summed E-state index contributed by atoms with van der Waals surface area (Å²) in [5.41, 5.74) is 6.72. The third-order valence-electron chi connectivity index (χ3n) is 5.70. The fourth-order valence-electron chi connectivity index (χ4n) is 3.87. The number of nitrogens with zero attached hydrogens (tertiary/aromatic N) is 4. The lowest BCUT2D eigenvalue weighted by Crippen LogP contribution is -2.64. The highest BCUT2D eigenvalue weighted by molar-refractivity contribution is 7.61. The predicted octanol–water partition coefficient (Wildman–Crippen LogP) is -3.33. The second-order valence-electron chi connectivity index (χ2n) is 8.65. The van der Waals surface area contributed by atoms with Crippen LogP contribution in [0.3, 0.4) is 0 Å². The maximum Gasteiger partial charge on any atom is 0.483 e. The molecule has 2 fully saturated rings. The highest BCUT2D eigenvalue weighted by atomic mass is 31.3. The minimum atomic E-state index is -5.66. The van der Waals surface area contributed by atoms with Crippen molar-refractivity contribution in [2.45, 2.75) is 62.1 Å². The molecule has 8 N–H and O–H groups in total. The number of azide groups is 1. The standard InChI is InChI=1S/C17H26N6O16P2/c1-6(24)20-10-13(28)11(26)7(4-19-22-18)37-16(10)38-41(33,34)39-40(31,32)35-5-8-12(27)14(29)15(36-8)23-3-2-9(25)21-17(23)30/h2-3,7-8,10-16,26-29H,4-5H2,1H3,(H,20,24)(H,31,32)(H,33,34)(H,21,25,30)/t7?,8-,10?,11?,12+,13?,14?,15-,16?/m1/s1. The fourth-order valence-corrected chi connectivity index (χ4v) is 6.04. The molecular formula is C17H26N6O16P2. The van der Waals surface area contributed by atoms with Crippen molar-refractivity contribution in [1.82, 2.24) is 14.9 Å². The zero-order chi connectivity index (χ0) is 30.7. The number of ether oxygens (including phenoxy) is 2. The van der Waals surface area contributed by atoms with E-state index in [2.05, 4.69) is 24.2 Å². The summed E-state index contributed by atoms with van der Waals surface area (Å²) in [6, 6.07) is -0.794. The summed E-state index contributed by atoms with van der Waals surface area (Å²) in [6.07, 6.45) is -13.1. The van der Waals surface area contributed by atoms with Gasteiger partial charge in [-0.3, -0.25) is 28.2 Å². The van der Waals surface area contributed by atoms with Gasteiger partial charge in [0, 0.05) is 24.1 Å². The minimum absolute atomic E-state index is 0.596. The van der Waals surface area contributed by atoms with Crippen molar-refractivity contribution < 1.29 is 67.0 Å². The van der Waals surface area contributed by atoms with Crippen molar-refractivity contribution in [3.05, 3.63) is 43.5 Å². The molecule has 24 heteroatoms. The first-order chi connectivity index (χ1) is 19.0. The summed E-state index contributed by atoms with van der Waals surface area (Å²) in [5.74, 6) is -0.809. The number of hydrogen-bond donors (Lipinski definition) is 8. The van der Waals surface area contributed by atoms with Gasteiger partial charge in [0.05, 0.1) is 19.3 Å². The van der Waals surface area contributed by atoms with Crippen LogP contribution in [0.25, 0.3) is 10.4 Å². The summed E-state index contributed by atoms with van der Waals surface area (Å²) in [5, 5.41) is 46.2. The summed E-state index contributed by atoms with van der Waals surface area (Å²) in [6.45, 7) is -0.656. The van der Waals surface area contributed by atoms with Gasteiger partial charge in [-0.1, -0.05) is 5.11 Å². The number of nitrogens with one attached hydrogen (secondary N) is 2. The summed E-state index contributed by atoms with van der Waals surface area (Å²) in [4.78, 5) is 59.1. The molecule has 0 radical (unpaired) electrons. The Labute approximate surface area is 227 Å². The van der Waals surface area contributed by atoms with Crippen molar-refractivity contribution in [3.63, 3.8) is 0 Å². The predicted molar refractivity (Wildman–Crippen MR) is 127 cm³/mol. The molecule has 0 aliphatic carbocycles. The topological polar surface area (TPSA) is 334 Å². The molecule has 0 spiro atoms. The van der Waals surface area contributed by atoms with Gasteiger partial charge in [-0.25, -0.2) is 13.9 Å². The Kier molecular flexibility index (Phi) is 10.6. The summed E-state index contributed by atoms with van der Waals surface area (Å²) in [7, 11) is -11.2. The number of amides is 1. The number of aromatic amines is 1. The highest BCUT2D eigenvalue weighted by Gasteiger charge is 2.50.